The molecule has 154 valence electrons. The van der Waals surface area contributed by atoms with Gasteiger partial charge in [-0.2, -0.15) is 0 Å². The molecule has 4 aromatic rings. The molecule has 0 aliphatic rings. The summed E-state index contributed by atoms with van der Waals surface area (Å²) in [5.41, 5.74) is 3.03. The Bertz CT molecular complexity index is 1290. The summed E-state index contributed by atoms with van der Waals surface area (Å²) < 4.78 is 1.95. The first-order chi connectivity index (χ1) is 15.0. The topological polar surface area (TPSA) is 64.0 Å². The van der Waals surface area contributed by atoms with Crippen molar-refractivity contribution in [2.24, 2.45) is 0 Å². The molecule has 0 atom stereocenters. The number of hydrogen-bond acceptors (Lipinski definition) is 3. The van der Waals surface area contributed by atoms with E-state index in [1.54, 1.807) is 30.5 Å². The van der Waals surface area contributed by atoms with E-state index in [1.165, 1.54) is 6.07 Å². The smallest absolute Gasteiger partial charge is 0.261 e. The summed E-state index contributed by atoms with van der Waals surface area (Å²) in [7, 11) is 0. The lowest BCUT2D eigenvalue weighted by molar-refractivity contribution is 0.102. The number of nitrogens with one attached hydrogen (secondary N) is 1. The first-order valence-corrected chi connectivity index (χ1v) is 10.2. The van der Waals surface area contributed by atoms with Gasteiger partial charge in [0.25, 0.3) is 5.91 Å². The quantitative estimate of drug-likeness (QED) is 0.475. The summed E-state index contributed by atoms with van der Waals surface area (Å²) in [5, 5.41) is 3.19. The van der Waals surface area contributed by atoms with Gasteiger partial charge >= 0.3 is 0 Å². The van der Waals surface area contributed by atoms with Crippen molar-refractivity contribution in [1.82, 2.24) is 9.55 Å². The fraction of sp³-hybridized carbons (Fsp3) is 0.0800. The Kier molecular flexibility index (Phi) is 5.96. The van der Waals surface area contributed by atoms with Crippen LogP contribution in [-0.4, -0.2) is 15.5 Å². The van der Waals surface area contributed by atoms with Crippen LogP contribution in [0.2, 0.25) is 5.02 Å². The van der Waals surface area contributed by atoms with Gasteiger partial charge in [-0.15, -0.1) is 0 Å². The minimum atomic E-state index is -0.508. The molecule has 4 rings (SSSR count). The van der Waals surface area contributed by atoms with Crippen LogP contribution in [0, 0.1) is 6.92 Å². The Balaban J connectivity index is 1.90. The van der Waals surface area contributed by atoms with E-state index in [-0.39, 0.29) is 11.0 Å². The Labute approximate surface area is 185 Å². The van der Waals surface area contributed by atoms with Crippen molar-refractivity contribution in [2.75, 3.05) is 5.32 Å². The van der Waals surface area contributed by atoms with Gasteiger partial charge in [0.1, 0.15) is 5.56 Å². The average molecular weight is 430 g/mol. The third-order valence-corrected chi connectivity index (χ3v) is 5.29. The second kappa shape index (κ2) is 8.98. The number of anilines is 1. The van der Waals surface area contributed by atoms with Crippen molar-refractivity contribution in [2.45, 2.75) is 13.5 Å². The van der Waals surface area contributed by atoms with Crippen LogP contribution < -0.4 is 10.7 Å². The van der Waals surface area contributed by atoms with E-state index in [0.29, 0.717) is 22.9 Å². The van der Waals surface area contributed by atoms with Gasteiger partial charge < -0.3 is 9.88 Å². The number of amides is 1. The first-order valence-electron chi connectivity index (χ1n) is 9.80. The second-order valence-electron chi connectivity index (χ2n) is 7.08. The van der Waals surface area contributed by atoms with Gasteiger partial charge in [-0.05, 0) is 36.8 Å². The number of rotatable bonds is 5. The third-order valence-electron chi connectivity index (χ3n) is 4.96. The van der Waals surface area contributed by atoms with Crippen molar-refractivity contribution >= 4 is 23.2 Å². The van der Waals surface area contributed by atoms with Crippen LogP contribution in [0.25, 0.3) is 11.3 Å². The molecule has 2 aromatic heterocycles. The largest absolute Gasteiger partial charge is 0.338 e. The number of halogens is 1. The molecule has 31 heavy (non-hydrogen) atoms. The molecule has 0 radical (unpaired) electrons. The molecule has 2 aromatic carbocycles. The number of hydrogen-bond donors (Lipinski definition) is 1. The second-order valence-corrected chi connectivity index (χ2v) is 7.49. The van der Waals surface area contributed by atoms with Crippen molar-refractivity contribution in [3.05, 3.63) is 117 Å². The van der Waals surface area contributed by atoms with E-state index in [9.17, 15) is 9.59 Å². The van der Waals surface area contributed by atoms with Gasteiger partial charge in [0.05, 0.1) is 28.6 Å². The molecule has 0 aliphatic carbocycles. The van der Waals surface area contributed by atoms with Crippen molar-refractivity contribution in [1.29, 1.82) is 0 Å². The fourth-order valence-electron chi connectivity index (χ4n) is 3.49. The maximum absolute atomic E-state index is 13.3. The lowest BCUT2D eigenvalue weighted by Crippen LogP contribution is -2.27. The van der Waals surface area contributed by atoms with Gasteiger partial charge in [0.15, 0.2) is 5.43 Å². The SMILES string of the molecule is Cc1cc(=O)c(C(=O)Nc2ccccc2Cl)c(-c2ccccc2)n1Cc1ccccn1. The first kappa shape index (κ1) is 20.6. The van der Waals surface area contributed by atoms with Crippen molar-refractivity contribution < 1.29 is 4.79 Å². The van der Waals surface area contributed by atoms with Crippen LogP contribution >= 0.6 is 11.6 Å². The molecule has 2 heterocycles. The van der Waals surface area contributed by atoms with E-state index in [2.05, 4.69) is 10.3 Å². The molecule has 1 amide bonds. The molecule has 5 nitrogen and oxygen atoms in total. The zero-order chi connectivity index (χ0) is 21.8. The number of aryl methyl sites for hydroxylation is 1. The molecule has 0 fully saturated rings. The molecule has 0 saturated heterocycles. The third kappa shape index (κ3) is 4.42. The summed E-state index contributed by atoms with van der Waals surface area (Å²) in [6.07, 6.45) is 1.72. The monoisotopic (exact) mass is 429 g/mol. The number of carbonyl (C=O) groups is 1. The highest BCUT2D eigenvalue weighted by Gasteiger charge is 2.22. The summed E-state index contributed by atoms with van der Waals surface area (Å²) in [6.45, 7) is 2.27. The molecule has 0 bridgehead atoms. The Morgan fingerprint density at radius 1 is 1.00 bits per heavy atom. The summed E-state index contributed by atoms with van der Waals surface area (Å²) in [5.74, 6) is -0.508. The molecule has 6 heteroatoms. The number of nitrogens with zero attached hydrogens (tertiary/aromatic N) is 2. The van der Waals surface area contributed by atoms with Crippen LogP contribution in [-0.2, 0) is 6.54 Å². The standard InChI is InChI=1S/C25H20ClN3O2/c1-17-15-22(30)23(25(31)28-21-13-6-5-12-20(21)26)24(18-9-3-2-4-10-18)29(17)16-19-11-7-8-14-27-19/h2-15H,16H2,1H3,(H,28,31). The van der Waals surface area contributed by atoms with E-state index < -0.39 is 5.91 Å². The molecule has 0 unspecified atom stereocenters. The Morgan fingerprint density at radius 2 is 1.71 bits per heavy atom. The minimum absolute atomic E-state index is 0.0626. The van der Waals surface area contributed by atoms with Crippen LogP contribution in [0.1, 0.15) is 21.7 Å². The number of benzene rings is 2. The highest BCUT2D eigenvalue weighted by Crippen LogP contribution is 2.26. The zero-order valence-corrected chi connectivity index (χ0v) is 17.6. The normalized spacial score (nSPS) is 10.6. The van der Waals surface area contributed by atoms with Gasteiger partial charge in [-0.25, -0.2) is 0 Å². The van der Waals surface area contributed by atoms with E-state index in [0.717, 1.165) is 17.0 Å². The molecule has 1 N–H and O–H groups in total. The maximum Gasteiger partial charge on any atom is 0.261 e. The van der Waals surface area contributed by atoms with Gasteiger partial charge in [-0.1, -0.05) is 60.1 Å². The van der Waals surface area contributed by atoms with Crippen LogP contribution in [0.3, 0.4) is 0 Å². The van der Waals surface area contributed by atoms with Crippen LogP contribution in [0.4, 0.5) is 5.69 Å². The number of pyridine rings is 2. The molecule has 0 saturated carbocycles. The highest BCUT2D eigenvalue weighted by molar-refractivity contribution is 6.34. The minimum Gasteiger partial charge on any atom is -0.338 e. The number of carbonyl (C=O) groups excluding carboxylic acids is 1. The van der Waals surface area contributed by atoms with Crippen molar-refractivity contribution in [3.8, 4) is 11.3 Å². The average Bonchev–Trinajstić information content (AvgIpc) is 2.78. The molecule has 0 aliphatic heterocycles. The summed E-state index contributed by atoms with van der Waals surface area (Å²) in [4.78, 5) is 30.7. The van der Waals surface area contributed by atoms with Gasteiger partial charge in [0.2, 0.25) is 0 Å². The van der Waals surface area contributed by atoms with E-state index in [4.69, 9.17) is 11.6 Å². The van der Waals surface area contributed by atoms with E-state index in [1.807, 2.05) is 60.0 Å². The van der Waals surface area contributed by atoms with Gasteiger partial charge in [0, 0.05) is 18.0 Å². The number of para-hydroxylation sites is 1. The molecule has 0 spiro atoms. The predicted molar refractivity (Wildman–Crippen MR) is 124 cm³/mol. The Hall–Kier alpha value is -3.70. The Morgan fingerprint density at radius 3 is 2.42 bits per heavy atom. The lowest BCUT2D eigenvalue weighted by Gasteiger charge is -2.20. The number of aromatic nitrogens is 2. The highest BCUT2D eigenvalue weighted by atomic mass is 35.5. The summed E-state index contributed by atoms with van der Waals surface area (Å²) >= 11 is 6.21. The lowest BCUT2D eigenvalue weighted by atomic mass is 10.0. The zero-order valence-electron chi connectivity index (χ0n) is 16.9. The predicted octanol–water partition coefficient (Wildman–Crippen LogP) is 5.17. The summed E-state index contributed by atoms with van der Waals surface area (Å²) in [6, 6.07) is 23.5. The van der Waals surface area contributed by atoms with Crippen LogP contribution in [0.15, 0.2) is 89.9 Å². The molecular formula is C25H20ClN3O2. The van der Waals surface area contributed by atoms with E-state index >= 15 is 0 Å². The fourth-order valence-corrected chi connectivity index (χ4v) is 3.67. The molecular weight excluding hydrogens is 410 g/mol. The van der Waals surface area contributed by atoms with Crippen molar-refractivity contribution in [3.63, 3.8) is 0 Å². The maximum atomic E-state index is 13.3. The van der Waals surface area contributed by atoms with Crippen LogP contribution in [0.5, 0.6) is 0 Å². The van der Waals surface area contributed by atoms with Gasteiger partial charge in [-0.3, -0.25) is 14.6 Å².